The van der Waals surface area contributed by atoms with Crippen LogP contribution < -0.4 is 5.73 Å². The average molecular weight is 183 g/mol. The number of hydrogen-bond acceptors (Lipinski definition) is 3. The SMILES string of the molecule is N[C@H]1CCN(CCN2CCCC2)C1. The van der Waals surface area contributed by atoms with Crippen LogP contribution in [0, 0.1) is 0 Å². The van der Waals surface area contributed by atoms with Crippen molar-refractivity contribution in [3.05, 3.63) is 0 Å². The highest BCUT2D eigenvalue weighted by molar-refractivity contribution is 4.78. The molecule has 13 heavy (non-hydrogen) atoms. The molecule has 2 fully saturated rings. The molecule has 0 spiro atoms. The molecule has 0 aromatic carbocycles. The molecule has 2 saturated heterocycles. The summed E-state index contributed by atoms with van der Waals surface area (Å²) in [4.78, 5) is 5.08. The summed E-state index contributed by atoms with van der Waals surface area (Å²) in [5.74, 6) is 0. The highest BCUT2D eigenvalue weighted by Crippen LogP contribution is 2.09. The molecule has 0 unspecified atom stereocenters. The van der Waals surface area contributed by atoms with Crippen LogP contribution in [0.5, 0.6) is 0 Å². The van der Waals surface area contributed by atoms with Crippen molar-refractivity contribution in [1.82, 2.24) is 9.80 Å². The van der Waals surface area contributed by atoms with Crippen molar-refractivity contribution in [2.45, 2.75) is 25.3 Å². The van der Waals surface area contributed by atoms with E-state index in [1.807, 2.05) is 0 Å². The summed E-state index contributed by atoms with van der Waals surface area (Å²) in [5, 5.41) is 0. The van der Waals surface area contributed by atoms with E-state index in [2.05, 4.69) is 9.80 Å². The maximum Gasteiger partial charge on any atom is 0.0180 e. The Labute approximate surface area is 80.9 Å². The molecule has 76 valence electrons. The van der Waals surface area contributed by atoms with E-state index >= 15 is 0 Å². The van der Waals surface area contributed by atoms with Crippen LogP contribution in [0.1, 0.15) is 19.3 Å². The molecule has 1 atom stereocenters. The second kappa shape index (κ2) is 4.40. The number of rotatable bonds is 3. The third-order valence-corrected chi connectivity index (χ3v) is 3.24. The minimum atomic E-state index is 0.443. The minimum Gasteiger partial charge on any atom is -0.326 e. The minimum absolute atomic E-state index is 0.443. The van der Waals surface area contributed by atoms with Crippen LogP contribution in [0.4, 0.5) is 0 Å². The molecule has 2 aliphatic rings. The molecule has 2 heterocycles. The van der Waals surface area contributed by atoms with Gasteiger partial charge in [0.05, 0.1) is 0 Å². The molecular formula is C10H21N3. The van der Waals surface area contributed by atoms with Gasteiger partial charge in [-0.3, -0.25) is 0 Å². The van der Waals surface area contributed by atoms with Crippen LogP contribution in [0.3, 0.4) is 0 Å². The van der Waals surface area contributed by atoms with Gasteiger partial charge in [-0.15, -0.1) is 0 Å². The Morgan fingerprint density at radius 3 is 2.31 bits per heavy atom. The molecule has 0 saturated carbocycles. The summed E-state index contributed by atoms with van der Waals surface area (Å²) < 4.78 is 0. The quantitative estimate of drug-likeness (QED) is 0.674. The molecule has 0 aromatic heterocycles. The predicted molar refractivity (Wildman–Crippen MR) is 54.7 cm³/mol. The fourth-order valence-electron chi connectivity index (χ4n) is 2.35. The Morgan fingerprint density at radius 2 is 1.69 bits per heavy atom. The van der Waals surface area contributed by atoms with Gasteiger partial charge in [0.1, 0.15) is 0 Å². The lowest BCUT2D eigenvalue weighted by Crippen LogP contribution is -2.34. The Hall–Kier alpha value is -0.120. The summed E-state index contributed by atoms with van der Waals surface area (Å²) in [7, 11) is 0. The molecule has 3 nitrogen and oxygen atoms in total. The standard InChI is InChI=1S/C10H21N3/c11-10-3-6-13(9-10)8-7-12-4-1-2-5-12/h10H,1-9,11H2/t10-/m0/s1. The molecule has 2 aliphatic heterocycles. The van der Waals surface area contributed by atoms with Crippen LogP contribution >= 0.6 is 0 Å². The van der Waals surface area contributed by atoms with Gasteiger partial charge < -0.3 is 15.5 Å². The predicted octanol–water partition coefficient (Wildman–Crippen LogP) is 0.115. The zero-order valence-electron chi connectivity index (χ0n) is 8.41. The number of nitrogens with two attached hydrogens (primary N) is 1. The monoisotopic (exact) mass is 183 g/mol. The molecule has 3 heteroatoms. The Balaban J connectivity index is 1.62. The van der Waals surface area contributed by atoms with E-state index in [1.165, 1.54) is 52.0 Å². The molecule has 2 N–H and O–H groups in total. The van der Waals surface area contributed by atoms with Crippen molar-refractivity contribution in [2.24, 2.45) is 5.73 Å². The van der Waals surface area contributed by atoms with E-state index < -0.39 is 0 Å². The van der Waals surface area contributed by atoms with Crippen LogP contribution in [0.25, 0.3) is 0 Å². The lowest BCUT2D eigenvalue weighted by molar-refractivity contribution is 0.256. The topological polar surface area (TPSA) is 32.5 Å². The second-order valence-corrected chi connectivity index (χ2v) is 4.40. The Morgan fingerprint density at radius 1 is 1.00 bits per heavy atom. The molecule has 0 radical (unpaired) electrons. The van der Waals surface area contributed by atoms with Gasteiger partial charge in [0, 0.05) is 25.7 Å². The van der Waals surface area contributed by atoms with E-state index in [4.69, 9.17) is 5.73 Å². The zero-order valence-corrected chi connectivity index (χ0v) is 8.41. The third kappa shape index (κ3) is 2.66. The van der Waals surface area contributed by atoms with Gasteiger partial charge in [-0.1, -0.05) is 0 Å². The van der Waals surface area contributed by atoms with Crippen LogP contribution in [-0.2, 0) is 0 Å². The lowest BCUT2D eigenvalue weighted by atomic mass is 10.3. The summed E-state index contributed by atoms with van der Waals surface area (Å²) in [6.07, 6.45) is 4.00. The maximum atomic E-state index is 5.85. The van der Waals surface area contributed by atoms with Gasteiger partial charge in [-0.2, -0.15) is 0 Å². The number of likely N-dealkylation sites (tertiary alicyclic amines) is 2. The van der Waals surface area contributed by atoms with Gasteiger partial charge in [-0.05, 0) is 38.9 Å². The van der Waals surface area contributed by atoms with Crippen molar-refractivity contribution in [2.75, 3.05) is 39.3 Å². The first-order chi connectivity index (χ1) is 6.34. The summed E-state index contributed by atoms with van der Waals surface area (Å²) in [6.45, 7) is 7.46. The van der Waals surface area contributed by atoms with Crippen LogP contribution in [-0.4, -0.2) is 55.1 Å². The van der Waals surface area contributed by atoms with Gasteiger partial charge in [0.2, 0.25) is 0 Å². The zero-order chi connectivity index (χ0) is 9.10. The fraction of sp³-hybridized carbons (Fsp3) is 1.00. The third-order valence-electron chi connectivity index (χ3n) is 3.24. The first-order valence-electron chi connectivity index (χ1n) is 5.55. The first-order valence-corrected chi connectivity index (χ1v) is 5.55. The highest BCUT2D eigenvalue weighted by atomic mass is 15.2. The summed E-state index contributed by atoms with van der Waals surface area (Å²) in [5.41, 5.74) is 5.85. The molecule has 0 bridgehead atoms. The van der Waals surface area contributed by atoms with Gasteiger partial charge in [0.15, 0.2) is 0 Å². The van der Waals surface area contributed by atoms with E-state index in [9.17, 15) is 0 Å². The van der Waals surface area contributed by atoms with Crippen molar-refractivity contribution in [1.29, 1.82) is 0 Å². The molecule has 0 aliphatic carbocycles. The Bertz CT molecular complexity index is 154. The first kappa shape index (κ1) is 9.44. The largest absolute Gasteiger partial charge is 0.326 e. The van der Waals surface area contributed by atoms with E-state index in [1.54, 1.807) is 0 Å². The smallest absolute Gasteiger partial charge is 0.0180 e. The molecule has 0 amide bonds. The normalized spacial score (nSPS) is 31.6. The van der Waals surface area contributed by atoms with Crippen molar-refractivity contribution >= 4 is 0 Å². The van der Waals surface area contributed by atoms with Crippen molar-refractivity contribution < 1.29 is 0 Å². The average Bonchev–Trinajstić information content (AvgIpc) is 2.71. The molecule has 0 aromatic rings. The number of nitrogens with zero attached hydrogens (tertiary/aromatic N) is 2. The lowest BCUT2D eigenvalue weighted by Gasteiger charge is -2.20. The van der Waals surface area contributed by atoms with Crippen LogP contribution in [0.15, 0.2) is 0 Å². The Kier molecular flexibility index (Phi) is 3.19. The van der Waals surface area contributed by atoms with Gasteiger partial charge in [0.25, 0.3) is 0 Å². The fourth-order valence-corrected chi connectivity index (χ4v) is 2.35. The van der Waals surface area contributed by atoms with E-state index in [0.29, 0.717) is 6.04 Å². The van der Waals surface area contributed by atoms with Gasteiger partial charge >= 0.3 is 0 Å². The summed E-state index contributed by atoms with van der Waals surface area (Å²) in [6, 6.07) is 0.443. The van der Waals surface area contributed by atoms with E-state index in [0.717, 1.165) is 6.54 Å². The summed E-state index contributed by atoms with van der Waals surface area (Å²) >= 11 is 0. The van der Waals surface area contributed by atoms with Crippen molar-refractivity contribution in [3.8, 4) is 0 Å². The van der Waals surface area contributed by atoms with Crippen LogP contribution in [0.2, 0.25) is 0 Å². The molecular weight excluding hydrogens is 162 g/mol. The molecule has 2 rings (SSSR count). The number of hydrogen-bond donors (Lipinski definition) is 1. The van der Waals surface area contributed by atoms with E-state index in [-0.39, 0.29) is 0 Å². The van der Waals surface area contributed by atoms with Crippen molar-refractivity contribution in [3.63, 3.8) is 0 Å². The second-order valence-electron chi connectivity index (χ2n) is 4.40. The highest BCUT2D eigenvalue weighted by Gasteiger charge is 2.19. The maximum absolute atomic E-state index is 5.85. The van der Waals surface area contributed by atoms with Gasteiger partial charge in [-0.25, -0.2) is 0 Å².